The molecule has 0 spiro atoms. The van der Waals surface area contributed by atoms with Crippen LogP contribution in [-0.4, -0.2) is 37.2 Å². The molecule has 0 bridgehead atoms. The van der Waals surface area contributed by atoms with E-state index in [0.29, 0.717) is 19.3 Å². The van der Waals surface area contributed by atoms with E-state index in [1.165, 1.54) is 225 Å². The lowest BCUT2D eigenvalue weighted by atomic mass is 10.0. The monoisotopic (exact) mass is 997 g/mol. The number of carbonyl (C=O) groups excluding carboxylic acids is 3. The fourth-order valence-electron chi connectivity index (χ4n) is 9.45. The normalized spacial score (nSPS) is 12.2. The fourth-order valence-corrected chi connectivity index (χ4v) is 9.45. The second kappa shape index (κ2) is 60.2. The smallest absolute Gasteiger partial charge is 0.306 e. The second-order valence-corrected chi connectivity index (χ2v) is 21.4. The number of rotatable bonds is 58. The number of allylic oxidation sites excluding steroid dienone is 6. The van der Waals surface area contributed by atoms with E-state index in [4.69, 9.17) is 14.2 Å². The van der Waals surface area contributed by atoms with Gasteiger partial charge in [-0.15, -0.1) is 0 Å². The molecule has 6 heteroatoms. The Morgan fingerprint density at radius 2 is 0.507 bits per heavy atom. The summed E-state index contributed by atoms with van der Waals surface area (Å²) >= 11 is 0. The van der Waals surface area contributed by atoms with Crippen LogP contribution in [0.1, 0.15) is 342 Å². The van der Waals surface area contributed by atoms with Crippen molar-refractivity contribution in [3.63, 3.8) is 0 Å². The molecular formula is C65H120O6. The highest BCUT2D eigenvalue weighted by Crippen LogP contribution is 2.18. The van der Waals surface area contributed by atoms with Crippen LogP contribution in [0.3, 0.4) is 0 Å². The number of unbranched alkanes of at least 4 members (excludes halogenated alkanes) is 43. The highest BCUT2D eigenvalue weighted by Gasteiger charge is 2.19. The minimum absolute atomic E-state index is 0.0733. The summed E-state index contributed by atoms with van der Waals surface area (Å²) in [5.41, 5.74) is 0. The Labute approximate surface area is 442 Å². The van der Waals surface area contributed by atoms with E-state index in [-0.39, 0.29) is 31.1 Å². The molecule has 0 aromatic rings. The molecule has 6 nitrogen and oxygen atoms in total. The fraction of sp³-hybridized carbons (Fsp3) is 0.862. The molecule has 1 atom stereocenters. The van der Waals surface area contributed by atoms with Crippen LogP contribution < -0.4 is 0 Å². The summed E-state index contributed by atoms with van der Waals surface area (Å²) in [6.07, 6.45) is 72.8. The lowest BCUT2D eigenvalue weighted by Crippen LogP contribution is -2.30. The van der Waals surface area contributed by atoms with Crippen LogP contribution in [-0.2, 0) is 28.6 Å². The molecule has 71 heavy (non-hydrogen) atoms. The highest BCUT2D eigenvalue weighted by molar-refractivity contribution is 5.71. The van der Waals surface area contributed by atoms with E-state index in [1.54, 1.807) is 0 Å². The van der Waals surface area contributed by atoms with Crippen LogP contribution in [0.4, 0.5) is 0 Å². The summed E-state index contributed by atoms with van der Waals surface area (Å²) < 4.78 is 16.9. The Morgan fingerprint density at radius 3 is 0.775 bits per heavy atom. The quantitative estimate of drug-likeness (QED) is 0.0261. The summed E-state index contributed by atoms with van der Waals surface area (Å²) in [4.78, 5) is 38.3. The molecule has 0 N–H and O–H groups in total. The summed E-state index contributed by atoms with van der Waals surface area (Å²) in [5.74, 6) is -0.868. The van der Waals surface area contributed by atoms with Crippen molar-refractivity contribution < 1.29 is 28.6 Å². The zero-order chi connectivity index (χ0) is 51.4. The first-order chi connectivity index (χ1) is 35.0. The van der Waals surface area contributed by atoms with Gasteiger partial charge in [0.2, 0.25) is 0 Å². The molecule has 0 radical (unpaired) electrons. The first-order valence-corrected chi connectivity index (χ1v) is 31.5. The van der Waals surface area contributed by atoms with Crippen molar-refractivity contribution in [3.05, 3.63) is 36.5 Å². The van der Waals surface area contributed by atoms with Gasteiger partial charge in [-0.1, -0.05) is 314 Å². The van der Waals surface area contributed by atoms with Gasteiger partial charge in [-0.25, -0.2) is 0 Å². The molecule has 0 aliphatic carbocycles. The lowest BCUT2D eigenvalue weighted by Gasteiger charge is -2.18. The molecule has 0 amide bonds. The van der Waals surface area contributed by atoms with Crippen molar-refractivity contribution in [1.29, 1.82) is 0 Å². The molecule has 0 fully saturated rings. The third-order valence-corrected chi connectivity index (χ3v) is 14.2. The van der Waals surface area contributed by atoms with E-state index >= 15 is 0 Å². The van der Waals surface area contributed by atoms with Crippen LogP contribution in [0.2, 0.25) is 0 Å². The average Bonchev–Trinajstić information content (AvgIpc) is 3.37. The SMILES string of the molecule is CCCCCCC\C=C/C=C\C=C/CCCCCCCC(=O)OCC(COC(=O)CCCCCCCCCCCCCCCCCCC)OC(=O)CCCCCCCCCCCCCCCCCCCC. The van der Waals surface area contributed by atoms with E-state index in [0.717, 1.165) is 77.0 Å². The Morgan fingerprint density at radius 1 is 0.282 bits per heavy atom. The molecule has 0 aliphatic rings. The van der Waals surface area contributed by atoms with Gasteiger partial charge in [-0.3, -0.25) is 14.4 Å². The molecule has 0 saturated carbocycles. The number of hydrogen-bond acceptors (Lipinski definition) is 6. The predicted molar refractivity (Wildman–Crippen MR) is 307 cm³/mol. The summed E-state index contributed by atoms with van der Waals surface area (Å²) in [6.45, 7) is 6.67. The molecule has 1 unspecified atom stereocenters. The Kier molecular flexibility index (Phi) is 58.2. The van der Waals surface area contributed by atoms with Gasteiger partial charge in [0.1, 0.15) is 13.2 Å². The third kappa shape index (κ3) is 58.4. The minimum Gasteiger partial charge on any atom is -0.462 e. The van der Waals surface area contributed by atoms with Crippen LogP contribution >= 0.6 is 0 Å². The first kappa shape index (κ1) is 68.6. The molecule has 0 heterocycles. The molecule has 0 saturated heterocycles. The number of carbonyl (C=O) groups is 3. The molecular weight excluding hydrogens is 877 g/mol. The van der Waals surface area contributed by atoms with Crippen LogP contribution in [0.15, 0.2) is 36.5 Å². The summed E-state index contributed by atoms with van der Waals surface area (Å²) in [7, 11) is 0. The lowest BCUT2D eigenvalue weighted by molar-refractivity contribution is -0.167. The minimum atomic E-state index is -0.777. The molecule has 0 aliphatic heterocycles. The molecule has 0 aromatic heterocycles. The van der Waals surface area contributed by atoms with Gasteiger partial charge in [0.15, 0.2) is 6.10 Å². The van der Waals surface area contributed by atoms with Gasteiger partial charge >= 0.3 is 17.9 Å². The first-order valence-electron chi connectivity index (χ1n) is 31.5. The standard InChI is InChI=1S/C65H120O6/c1-4-7-10-13-16-19-22-25-28-31-34-37-40-43-46-49-52-55-58-64(67)70-61-62(60-69-63(66)57-54-51-48-45-42-39-36-33-30-27-24-21-18-15-12-9-6-3)71-65(68)59-56-53-50-47-44-41-38-35-32-29-26-23-20-17-14-11-8-5-2/h22,25,28,31,34,37,62H,4-21,23-24,26-27,29-30,32-33,35-36,38-61H2,1-3H3/b25-22-,31-28-,37-34-. The van der Waals surface area contributed by atoms with Crippen molar-refractivity contribution in [2.75, 3.05) is 13.2 Å². The van der Waals surface area contributed by atoms with Gasteiger partial charge in [-0.05, 0) is 44.9 Å². The van der Waals surface area contributed by atoms with E-state index in [1.807, 2.05) is 0 Å². The zero-order valence-corrected chi connectivity index (χ0v) is 47.8. The van der Waals surface area contributed by atoms with Crippen molar-refractivity contribution in [2.24, 2.45) is 0 Å². The van der Waals surface area contributed by atoms with Gasteiger partial charge in [-0.2, -0.15) is 0 Å². The largest absolute Gasteiger partial charge is 0.462 e. The Balaban J connectivity index is 4.36. The summed E-state index contributed by atoms with van der Waals surface area (Å²) in [6, 6.07) is 0. The third-order valence-electron chi connectivity index (χ3n) is 14.2. The second-order valence-electron chi connectivity index (χ2n) is 21.4. The molecule has 416 valence electrons. The molecule has 0 aromatic carbocycles. The Hall–Kier alpha value is -2.37. The highest BCUT2D eigenvalue weighted by atomic mass is 16.6. The van der Waals surface area contributed by atoms with Crippen LogP contribution in [0.5, 0.6) is 0 Å². The number of esters is 3. The maximum Gasteiger partial charge on any atom is 0.306 e. The zero-order valence-electron chi connectivity index (χ0n) is 47.8. The number of ether oxygens (including phenoxy) is 3. The van der Waals surface area contributed by atoms with Gasteiger partial charge < -0.3 is 14.2 Å². The topological polar surface area (TPSA) is 78.9 Å². The number of hydrogen-bond donors (Lipinski definition) is 0. The predicted octanol–water partition coefficient (Wildman–Crippen LogP) is 21.2. The average molecular weight is 998 g/mol. The van der Waals surface area contributed by atoms with Gasteiger partial charge in [0, 0.05) is 19.3 Å². The van der Waals surface area contributed by atoms with Crippen molar-refractivity contribution in [1.82, 2.24) is 0 Å². The van der Waals surface area contributed by atoms with E-state index in [9.17, 15) is 14.4 Å². The maximum absolute atomic E-state index is 12.9. The van der Waals surface area contributed by atoms with Crippen molar-refractivity contribution in [2.45, 2.75) is 348 Å². The van der Waals surface area contributed by atoms with E-state index < -0.39 is 6.10 Å². The van der Waals surface area contributed by atoms with Crippen LogP contribution in [0.25, 0.3) is 0 Å². The van der Waals surface area contributed by atoms with Crippen LogP contribution in [0, 0.1) is 0 Å². The van der Waals surface area contributed by atoms with E-state index in [2.05, 4.69) is 57.2 Å². The van der Waals surface area contributed by atoms with Crippen molar-refractivity contribution in [3.8, 4) is 0 Å². The molecule has 0 rings (SSSR count). The Bertz CT molecular complexity index is 1190. The van der Waals surface area contributed by atoms with Gasteiger partial charge in [0.25, 0.3) is 0 Å². The summed E-state index contributed by atoms with van der Waals surface area (Å²) in [5, 5.41) is 0. The van der Waals surface area contributed by atoms with Gasteiger partial charge in [0.05, 0.1) is 0 Å². The van der Waals surface area contributed by atoms with Crippen molar-refractivity contribution >= 4 is 17.9 Å². The maximum atomic E-state index is 12.9.